The van der Waals surface area contributed by atoms with Gasteiger partial charge in [0.2, 0.25) is 0 Å². The van der Waals surface area contributed by atoms with Crippen molar-refractivity contribution < 1.29 is 14.6 Å². The van der Waals surface area contributed by atoms with Crippen molar-refractivity contribution in [3.05, 3.63) is 29.8 Å². The molecule has 0 aliphatic carbocycles. The predicted molar refractivity (Wildman–Crippen MR) is 69.7 cm³/mol. The van der Waals surface area contributed by atoms with Crippen LogP contribution in [0.25, 0.3) is 0 Å². The molecule has 2 N–H and O–H groups in total. The molecule has 1 unspecified atom stereocenters. The molecule has 2 rings (SSSR count). The Hall–Kier alpha value is -1.10. The van der Waals surface area contributed by atoms with Gasteiger partial charge in [0.25, 0.3) is 0 Å². The summed E-state index contributed by atoms with van der Waals surface area (Å²) < 4.78 is 10.6. The number of hydrogen-bond donors (Lipinski definition) is 2. The molecule has 1 fully saturated rings. The molecule has 1 aromatic carbocycles. The van der Waals surface area contributed by atoms with Crippen LogP contribution in [0.4, 0.5) is 0 Å². The highest BCUT2D eigenvalue weighted by Crippen LogP contribution is 2.17. The van der Waals surface area contributed by atoms with E-state index in [0.29, 0.717) is 32.8 Å². The standard InChI is InChI=1S/C14H21NO3/c1-2-18-13-5-3-12(4-6-13)9-15-10-14(16)7-8-17-11-14/h3-6,15-16H,2,7-11H2,1H3. The van der Waals surface area contributed by atoms with Crippen molar-refractivity contribution >= 4 is 0 Å². The Morgan fingerprint density at radius 1 is 1.39 bits per heavy atom. The van der Waals surface area contributed by atoms with E-state index in [1.165, 1.54) is 5.56 Å². The first-order chi connectivity index (χ1) is 8.72. The second-order valence-corrected chi connectivity index (χ2v) is 4.71. The molecule has 1 heterocycles. The highest BCUT2D eigenvalue weighted by molar-refractivity contribution is 5.27. The lowest BCUT2D eigenvalue weighted by molar-refractivity contribution is 0.0268. The summed E-state index contributed by atoms with van der Waals surface area (Å²) in [5.41, 5.74) is 0.492. The Morgan fingerprint density at radius 2 is 2.17 bits per heavy atom. The van der Waals surface area contributed by atoms with Crippen LogP contribution < -0.4 is 10.1 Å². The SMILES string of the molecule is CCOc1ccc(CNCC2(O)CCOC2)cc1. The first-order valence-electron chi connectivity index (χ1n) is 6.44. The minimum absolute atomic E-state index is 0.434. The van der Waals surface area contributed by atoms with Crippen LogP contribution in [-0.2, 0) is 11.3 Å². The van der Waals surface area contributed by atoms with E-state index in [0.717, 1.165) is 12.3 Å². The summed E-state index contributed by atoms with van der Waals surface area (Å²) in [5, 5.41) is 13.3. The van der Waals surface area contributed by atoms with E-state index < -0.39 is 5.60 Å². The third-order valence-electron chi connectivity index (χ3n) is 3.10. The minimum atomic E-state index is -0.689. The number of benzene rings is 1. The Bertz CT molecular complexity index is 358. The predicted octanol–water partition coefficient (Wildman–Crippen LogP) is 1.33. The zero-order valence-electron chi connectivity index (χ0n) is 10.8. The van der Waals surface area contributed by atoms with Crippen LogP contribution in [0.15, 0.2) is 24.3 Å². The van der Waals surface area contributed by atoms with Gasteiger partial charge in [-0.05, 0) is 24.6 Å². The van der Waals surface area contributed by atoms with Crippen LogP contribution >= 0.6 is 0 Å². The van der Waals surface area contributed by atoms with E-state index in [4.69, 9.17) is 9.47 Å². The van der Waals surface area contributed by atoms with Gasteiger partial charge < -0.3 is 19.9 Å². The zero-order chi connectivity index (χ0) is 12.8. The van der Waals surface area contributed by atoms with E-state index >= 15 is 0 Å². The second kappa shape index (κ2) is 6.18. The maximum absolute atomic E-state index is 10.1. The van der Waals surface area contributed by atoms with Gasteiger partial charge in [-0.15, -0.1) is 0 Å². The molecule has 1 aliphatic rings. The second-order valence-electron chi connectivity index (χ2n) is 4.71. The Morgan fingerprint density at radius 3 is 2.78 bits per heavy atom. The van der Waals surface area contributed by atoms with Gasteiger partial charge in [0.1, 0.15) is 11.4 Å². The van der Waals surface area contributed by atoms with Crippen molar-refractivity contribution in [2.75, 3.05) is 26.4 Å². The summed E-state index contributed by atoms with van der Waals surface area (Å²) in [5.74, 6) is 0.893. The van der Waals surface area contributed by atoms with Gasteiger partial charge >= 0.3 is 0 Å². The number of rotatable bonds is 6. The normalized spacial score (nSPS) is 23.2. The van der Waals surface area contributed by atoms with Gasteiger partial charge in [-0.2, -0.15) is 0 Å². The summed E-state index contributed by atoms with van der Waals surface area (Å²) in [4.78, 5) is 0. The first-order valence-corrected chi connectivity index (χ1v) is 6.44. The number of aliphatic hydroxyl groups is 1. The average molecular weight is 251 g/mol. The smallest absolute Gasteiger partial charge is 0.119 e. The Kier molecular flexibility index (Phi) is 4.58. The fourth-order valence-electron chi connectivity index (χ4n) is 2.05. The molecule has 0 radical (unpaired) electrons. The quantitative estimate of drug-likeness (QED) is 0.801. The lowest BCUT2D eigenvalue weighted by atomic mass is 10.0. The summed E-state index contributed by atoms with van der Waals surface area (Å²) in [6.45, 7) is 5.06. The molecular weight excluding hydrogens is 230 g/mol. The van der Waals surface area contributed by atoms with E-state index in [9.17, 15) is 5.11 Å². The third-order valence-corrected chi connectivity index (χ3v) is 3.10. The van der Waals surface area contributed by atoms with E-state index in [1.807, 2.05) is 31.2 Å². The van der Waals surface area contributed by atoms with Gasteiger partial charge in [0.05, 0.1) is 13.2 Å². The molecule has 4 heteroatoms. The first kappa shape index (κ1) is 13.3. The fraction of sp³-hybridized carbons (Fsp3) is 0.571. The number of hydrogen-bond acceptors (Lipinski definition) is 4. The Balaban J connectivity index is 1.76. The van der Waals surface area contributed by atoms with Crippen molar-refractivity contribution in [1.82, 2.24) is 5.32 Å². The van der Waals surface area contributed by atoms with Crippen molar-refractivity contribution in [1.29, 1.82) is 0 Å². The number of nitrogens with one attached hydrogen (secondary N) is 1. The molecule has 1 atom stereocenters. The molecule has 4 nitrogen and oxygen atoms in total. The van der Waals surface area contributed by atoms with Gasteiger partial charge in [-0.3, -0.25) is 0 Å². The molecule has 0 saturated carbocycles. The monoisotopic (exact) mass is 251 g/mol. The summed E-state index contributed by atoms with van der Waals surface area (Å²) >= 11 is 0. The maximum Gasteiger partial charge on any atom is 0.119 e. The molecule has 100 valence electrons. The van der Waals surface area contributed by atoms with Crippen molar-refractivity contribution in [3.63, 3.8) is 0 Å². The topological polar surface area (TPSA) is 50.7 Å². The van der Waals surface area contributed by atoms with Crippen LogP contribution in [0.3, 0.4) is 0 Å². The van der Waals surface area contributed by atoms with Crippen LogP contribution in [0.2, 0.25) is 0 Å². The lowest BCUT2D eigenvalue weighted by Gasteiger charge is -2.20. The highest BCUT2D eigenvalue weighted by Gasteiger charge is 2.31. The van der Waals surface area contributed by atoms with Crippen LogP contribution in [0, 0.1) is 0 Å². The van der Waals surface area contributed by atoms with Crippen LogP contribution in [-0.4, -0.2) is 37.1 Å². The summed E-state index contributed by atoms with van der Waals surface area (Å²) in [7, 11) is 0. The maximum atomic E-state index is 10.1. The largest absolute Gasteiger partial charge is 0.494 e. The van der Waals surface area contributed by atoms with Crippen LogP contribution in [0.1, 0.15) is 18.9 Å². The van der Waals surface area contributed by atoms with Crippen molar-refractivity contribution in [3.8, 4) is 5.75 Å². The van der Waals surface area contributed by atoms with E-state index in [2.05, 4.69) is 5.32 Å². The van der Waals surface area contributed by atoms with E-state index in [1.54, 1.807) is 0 Å². The molecule has 18 heavy (non-hydrogen) atoms. The van der Waals surface area contributed by atoms with Gasteiger partial charge in [0, 0.05) is 26.1 Å². The number of ether oxygens (including phenoxy) is 2. The highest BCUT2D eigenvalue weighted by atomic mass is 16.5. The molecule has 0 spiro atoms. The molecule has 1 saturated heterocycles. The summed E-state index contributed by atoms with van der Waals surface area (Å²) in [6, 6.07) is 8.00. The average Bonchev–Trinajstić information content (AvgIpc) is 2.79. The third kappa shape index (κ3) is 3.70. The van der Waals surface area contributed by atoms with Crippen LogP contribution in [0.5, 0.6) is 5.75 Å². The molecule has 0 amide bonds. The lowest BCUT2D eigenvalue weighted by Crippen LogP contribution is -2.40. The zero-order valence-corrected chi connectivity index (χ0v) is 10.8. The summed E-state index contributed by atoms with van der Waals surface area (Å²) in [6.07, 6.45) is 0.712. The van der Waals surface area contributed by atoms with Gasteiger partial charge in [-0.1, -0.05) is 12.1 Å². The molecule has 1 aliphatic heterocycles. The van der Waals surface area contributed by atoms with Crippen molar-refractivity contribution in [2.24, 2.45) is 0 Å². The molecular formula is C14H21NO3. The minimum Gasteiger partial charge on any atom is -0.494 e. The van der Waals surface area contributed by atoms with Gasteiger partial charge in [-0.25, -0.2) is 0 Å². The molecule has 0 aromatic heterocycles. The molecule has 1 aromatic rings. The fourth-order valence-corrected chi connectivity index (χ4v) is 2.05. The Labute approximate surface area is 108 Å². The van der Waals surface area contributed by atoms with E-state index in [-0.39, 0.29) is 0 Å². The van der Waals surface area contributed by atoms with Crippen molar-refractivity contribution in [2.45, 2.75) is 25.5 Å². The molecule has 0 bridgehead atoms. The van der Waals surface area contributed by atoms with Gasteiger partial charge in [0.15, 0.2) is 0 Å².